The quantitative estimate of drug-likeness (QED) is 0.0389. The maximum Gasteiger partial charge on any atom is 0.327 e. The van der Waals surface area contributed by atoms with Crippen LogP contribution in [0.1, 0.15) is 220 Å². The molecule has 4 unspecified atom stereocenters. The topological polar surface area (TPSA) is 308 Å². The SMILES string of the molecule is CC(C)(C)CCN1C(=O)[C@H](CC(=O)N2CCC(N3CCc4ccccc4NC3=O)CC2)SC1c1cccc(F)c1N1CCC(O)C1.CC(C)(C)CCN1C(=O)[C@H](CC(=O)N2CCC(N3Cc4ccccc4NC3=O)CC2)S[C@H]1c1cccc(F)c1N1CCC(O)C1.CC(C)(C)CCN1C(=O)[C@H](CC(=O)N2CCC(n3c(=O)[nH]c4ncccc43)CC2)S[C@H]1c1cccc(F)c1N1CCC(O)C1.[HH].[HH].[HH].[HH].[HH].[HH].[HH].[HH]. The van der Waals surface area contributed by atoms with Crippen LogP contribution in [0.25, 0.3) is 11.2 Å². The summed E-state index contributed by atoms with van der Waals surface area (Å²) in [5.41, 5.74) is 8.48. The van der Waals surface area contributed by atoms with Gasteiger partial charge >= 0.3 is 17.8 Å². The number of H-pyrrole nitrogens is 1. The van der Waals surface area contributed by atoms with Crippen molar-refractivity contribution in [1.82, 2.24) is 53.7 Å². The van der Waals surface area contributed by atoms with Crippen LogP contribution in [-0.2, 0) is 41.7 Å². The number of carbonyl (C=O) groups is 8. The standard InChI is InChI=1S/C35H46FN5O4S.C34H44FN5O4S.C32H41FN6O4S.8H2/c1-35(2,3)15-20-41-32(44)29(46-33(41)26-8-6-9-27(36)31(26)39-18-14-25(42)22-39)21-30(43)38-16-12-24(13-17-38)40-19-11-23-7-4-5-10-28(23)37-34(40)45;1-34(2,3)14-18-39-31(43)28(45-32(39)25-8-6-9-26(35)30(25)38-17-13-24(41)21-38)19-29(42)37-15-11-23(12-16-37)40-20-22-7-4-5-10-27(22)36-33(40)44;1-32(2,3)12-17-38-29(42)25(44-30(38)22-6-4-7-23(33)27(22)37-16-11-21(40)19-37)18-26(41)36-14-9-20(10-15-36)39-24-8-5-13-34-28(24)35-31(39)43;;;;;;;;/h4-10,24-25,29,33,42H,11-22H2,1-3H3,(H,37,45);4-10,23-24,28,32,41H,11-21H2,1-3H3,(H,36,44);4-8,13,20-21,25,30,40H,9-12,14-19H2,1-3H3,(H,34,35,43);8*1H/t25?,29-,33?;24?,28-,32-;21?,25-,30-;;;;;;;;/m000......../s1. The van der Waals surface area contributed by atoms with Crippen molar-refractivity contribution in [2.75, 3.05) is 130 Å². The maximum absolute atomic E-state index is 15.4. The molecule has 9 saturated heterocycles. The lowest BCUT2D eigenvalue weighted by Crippen LogP contribution is -2.51. The van der Waals surface area contributed by atoms with E-state index in [0.717, 1.165) is 59.3 Å². The molecular formula is C101H147F3N16O12S3. The first-order valence-electron chi connectivity index (χ1n) is 48.2. The van der Waals surface area contributed by atoms with Gasteiger partial charge in [-0.3, -0.25) is 38.3 Å². The molecule has 9 atom stereocenters. The number of urea groups is 2. The van der Waals surface area contributed by atoms with Gasteiger partial charge in [0.25, 0.3) is 0 Å². The number of nitrogens with zero attached hydrogens (tertiary/aromatic N) is 13. The van der Waals surface area contributed by atoms with Crippen LogP contribution in [0.2, 0.25) is 0 Å². The number of fused-ring (bicyclic) bond motifs is 3. The van der Waals surface area contributed by atoms with Gasteiger partial charge in [0.15, 0.2) is 5.65 Å². The van der Waals surface area contributed by atoms with Crippen molar-refractivity contribution in [3.05, 3.63) is 177 Å². The summed E-state index contributed by atoms with van der Waals surface area (Å²) >= 11 is 4.30. The summed E-state index contributed by atoms with van der Waals surface area (Å²) in [5.74, 6) is -1.56. The van der Waals surface area contributed by atoms with Crippen LogP contribution in [-0.4, -0.2) is 267 Å². The second kappa shape index (κ2) is 41.7. The van der Waals surface area contributed by atoms with Gasteiger partial charge in [-0.05, 0) is 153 Å². The number of aliphatic hydroxyl groups excluding tert-OH is 3. The van der Waals surface area contributed by atoms with E-state index in [0.29, 0.717) is 203 Å². The van der Waals surface area contributed by atoms with E-state index in [9.17, 15) is 58.5 Å². The van der Waals surface area contributed by atoms with Gasteiger partial charge in [0, 0.05) is 194 Å². The number of aromatic nitrogens is 3. The molecule has 0 bridgehead atoms. The molecule has 10 amide bonds. The Morgan fingerprint density at radius 3 is 1.16 bits per heavy atom. The zero-order valence-electron chi connectivity index (χ0n) is 79.0. The minimum Gasteiger partial charge on any atom is -0.391 e. The molecule has 18 rings (SSSR count). The van der Waals surface area contributed by atoms with Gasteiger partial charge in [-0.1, -0.05) is 135 Å². The lowest BCUT2D eigenvalue weighted by Gasteiger charge is -2.40. The van der Waals surface area contributed by atoms with Crippen molar-refractivity contribution in [2.24, 2.45) is 16.2 Å². The zero-order chi connectivity index (χ0) is 95.6. The van der Waals surface area contributed by atoms with E-state index in [4.69, 9.17) is 0 Å². The first-order chi connectivity index (χ1) is 64.5. The molecule has 742 valence electrons. The van der Waals surface area contributed by atoms with Gasteiger partial charge in [-0.15, -0.1) is 35.3 Å². The van der Waals surface area contributed by atoms with Crippen LogP contribution in [0.15, 0.2) is 126 Å². The normalized spacial score (nSPS) is 24.0. The Balaban J connectivity index is 0.000000255. The average Bonchev–Trinajstić information content (AvgIpc) is 1.68. The Kier molecular flexibility index (Phi) is 30.3. The monoisotopic (exact) mass is 1930 g/mol. The van der Waals surface area contributed by atoms with Crippen LogP contribution < -0.4 is 31.0 Å². The predicted molar refractivity (Wildman–Crippen MR) is 539 cm³/mol. The summed E-state index contributed by atoms with van der Waals surface area (Å²) in [6, 6.07) is 34.2. The molecule has 5 aromatic carbocycles. The summed E-state index contributed by atoms with van der Waals surface area (Å²) in [4.78, 5) is 149. The fourth-order valence-corrected chi connectivity index (χ4v) is 25.1. The van der Waals surface area contributed by atoms with Crippen LogP contribution in [0.3, 0.4) is 0 Å². The number of para-hydroxylation sites is 5. The number of halogens is 3. The van der Waals surface area contributed by atoms with E-state index in [-0.39, 0.29) is 136 Å². The predicted octanol–water partition coefficient (Wildman–Crippen LogP) is 16.5. The van der Waals surface area contributed by atoms with Gasteiger partial charge in [0.05, 0.1) is 56.6 Å². The summed E-state index contributed by atoms with van der Waals surface area (Å²) in [5, 5.41) is 33.6. The van der Waals surface area contributed by atoms with Gasteiger partial charge in [-0.2, -0.15) is 0 Å². The molecule has 7 aromatic rings. The van der Waals surface area contributed by atoms with E-state index in [1.165, 1.54) is 53.5 Å². The number of carbonyl (C=O) groups excluding carboxylic acids is 8. The van der Waals surface area contributed by atoms with E-state index in [1.807, 2.05) is 122 Å². The van der Waals surface area contributed by atoms with Crippen molar-refractivity contribution in [1.29, 1.82) is 0 Å². The number of benzene rings is 5. The summed E-state index contributed by atoms with van der Waals surface area (Å²) in [7, 11) is 0. The lowest BCUT2D eigenvalue weighted by atomic mass is 9.92. The third kappa shape index (κ3) is 22.7. The first-order valence-corrected chi connectivity index (χ1v) is 51.0. The van der Waals surface area contributed by atoms with Gasteiger partial charge in [-0.25, -0.2) is 32.5 Å². The lowest BCUT2D eigenvalue weighted by molar-refractivity contribution is -0.137. The highest BCUT2D eigenvalue weighted by molar-refractivity contribution is 8.01. The summed E-state index contributed by atoms with van der Waals surface area (Å²) < 4.78 is 47.9. The summed E-state index contributed by atoms with van der Waals surface area (Å²) in [6.07, 6.45) is 9.16. The van der Waals surface area contributed by atoms with E-state index >= 15 is 13.2 Å². The molecule has 9 fully saturated rings. The molecule has 0 aliphatic carbocycles. The Morgan fingerprint density at radius 1 is 0.422 bits per heavy atom. The molecule has 28 nitrogen and oxygen atoms in total. The maximum atomic E-state index is 15.4. The zero-order valence-corrected chi connectivity index (χ0v) is 81.4. The third-order valence-electron chi connectivity index (χ3n) is 28.3. The molecule has 0 radical (unpaired) electrons. The van der Waals surface area contributed by atoms with Crippen LogP contribution >= 0.6 is 35.3 Å². The van der Waals surface area contributed by atoms with Crippen molar-refractivity contribution < 1.29 is 78.3 Å². The number of aliphatic hydroxyl groups is 3. The Bertz CT molecular complexity index is 5600. The number of hydrogen-bond donors (Lipinski definition) is 6. The molecule has 13 heterocycles. The highest BCUT2D eigenvalue weighted by atomic mass is 32.2. The highest BCUT2D eigenvalue weighted by Gasteiger charge is 2.50. The molecule has 34 heteroatoms. The van der Waals surface area contributed by atoms with Crippen LogP contribution in [0, 0.1) is 33.7 Å². The number of aromatic amines is 1. The first kappa shape index (κ1) is 98.1. The van der Waals surface area contributed by atoms with Gasteiger partial charge < -0.3 is 79.9 Å². The highest BCUT2D eigenvalue weighted by Crippen LogP contribution is 2.53. The number of hydrogen-bond acceptors (Lipinski definition) is 19. The van der Waals surface area contributed by atoms with Gasteiger partial charge in [0.1, 0.15) is 33.6 Å². The van der Waals surface area contributed by atoms with Crippen molar-refractivity contribution >= 4 is 122 Å². The number of pyridine rings is 1. The number of imidazole rings is 1. The number of nitrogens with one attached hydrogen (secondary N) is 3. The Labute approximate surface area is 813 Å². The molecule has 11 aliphatic rings. The van der Waals surface area contributed by atoms with Crippen LogP contribution in [0.5, 0.6) is 0 Å². The fraction of sp³-hybridized carbons (Fsp3) is 0.564. The molecule has 11 aliphatic heterocycles. The van der Waals surface area contributed by atoms with Crippen molar-refractivity contribution in [2.45, 2.75) is 240 Å². The minimum absolute atomic E-state index is 0. The average molecular weight is 1930 g/mol. The van der Waals surface area contributed by atoms with Crippen molar-refractivity contribution in [3.8, 4) is 0 Å². The van der Waals surface area contributed by atoms with Crippen molar-refractivity contribution in [3.63, 3.8) is 0 Å². The number of rotatable bonds is 21. The molecule has 6 N–H and O–H groups in total. The largest absolute Gasteiger partial charge is 0.391 e. The number of β-amino-alcohol motifs (C(OH)–C–C–N with tert-alkyl or cyclic N) is 3. The Hall–Kier alpha value is -10.0. The third-order valence-corrected chi connectivity index (χ3v) is 32.7. The number of anilines is 5. The second-order valence-corrected chi connectivity index (χ2v) is 45.4. The fourth-order valence-electron chi connectivity index (χ4n) is 20.6. The molecule has 2 aromatic heterocycles. The molecule has 135 heavy (non-hydrogen) atoms. The summed E-state index contributed by atoms with van der Waals surface area (Å²) in [6.45, 7) is 27.7. The van der Waals surface area contributed by atoms with Gasteiger partial charge in [0.2, 0.25) is 35.4 Å². The molecular weight excluding hydrogens is 1780 g/mol. The Morgan fingerprint density at radius 2 is 0.778 bits per heavy atom. The van der Waals surface area contributed by atoms with E-state index in [1.54, 1.807) is 39.9 Å². The number of likely N-dealkylation sites (tertiary alicyclic amines) is 3. The van der Waals surface area contributed by atoms with E-state index in [2.05, 4.69) is 82.9 Å². The minimum atomic E-state index is -0.576. The smallest absolute Gasteiger partial charge is 0.327 e. The number of amides is 10. The van der Waals surface area contributed by atoms with Crippen LogP contribution in [0.4, 0.5) is 51.2 Å². The number of piperidine rings is 3. The molecule has 0 saturated carbocycles. The molecule has 0 spiro atoms. The van der Waals surface area contributed by atoms with E-state index < -0.39 is 50.2 Å². The number of thioether (sulfide) groups is 3. The second-order valence-electron chi connectivity index (χ2n) is 41.5.